The lowest BCUT2D eigenvalue weighted by molar-refractivity contribution is -0.135. The molecular formula is C14H26N2O2. The van der Waals surface area contributed by atoms with E-state index in [9.17, 15) is 4.79 Å². The van der Waals surface area contributed by atoms with Gasteiger partial charge in [0.1, 0.15) is 0 Å². The molecule has 3 heterocycles. The first-order valence-electron chi connectivity index (χ1n) is 7.13. The lowest BCUT2D eigenvalue weighted by Gasteiger charge is -2.53. The minimum Gasteiger partial charge on any atom is -0.378 e. The molecule has 3 aliphatic heterocycles. The van der Waals surface area contributed by atoms with Crippen LogP contribution in [0.2, 0.25) is 0 Å². The number of fused-ring (bicyclic) bond motifs is 2. The molecule has 3 atom stereocenters. The van der Waals surface area contributed by atoms with Crippen molar-refractivity contribution in [3.05, 3.63) is 0 Å². The number of carbonyl (C=O) groups excluding carboxylic acids is 1. The van der Waals surface area contributed by atoms with E-state index < -0.39 is 0 Å². The van der Waals surface area contributed by atoms with E-state index in [0.29, 0.717) is 18.0 Å². The van der Waals surface area contributed by atoms with Crippen LogP contribution < -0.4 is 5.32 Å². The molecular weight excluding hydrogens is 228 g/mol. The Morgan fingerprint density at radius 1 is 1.28 bits per heavy atom. The first-order valence-corrected chi connectivity index (χ1v) is 7.13. The van der Waals surface area contributed by atoms with E-state index in [4.69, 9.17) is 4.74 Å². The monoisotopic (exact) mass is 254 g/mol. The Bertz CT molecular complexity index is 290. The standard InChI is InChI=1S/C14H26N2O2/c1-9(2)13(15-14(17)10(3)4)6-16-11-5-12(16)8-18-7-11/h9-13H,5-8H2,1-4H3,(H,15,17)/t11-,12+,13?. The third kappa shape index (κ3) is 2.86. The normalized spacial score (nSPS) is 29.2. The number of hydrogen-bond acceptors (Lipinski definition) is 3. The lowest BCUT2D eigenvalue weighted by Crippen LogP contribution is -2.66. The summed E-state index contributed by atoms with van der Waals surface area (Å²) in [5, 5.41) is 3.18. The maximum atomic E-state index is 11.8. The molecule has 4 nitrogen and oxygen atoms in total. The number of morpholine rings is 1. The highest BCUT2D eigenvalue weighted by Gasteiger charge is 2.43. The molecule has 3 saturated heterocycles. The summed E-state index contributed by atoms with van der Waals surface area (Å²) < 4.78 is 5.49. The van der Waals surface area contributed by atoms with Gasteiger partial charge in [-0.15, -0.1) is 0 Å². The summed E-state index contributed by atoms with van der Waals surface area (Å²) in [5.41, 5.74) is 0. The third-order valence-corrected chi connectivity index (χ3v) is 4.17. The number of hydrogen-bond donors (Lipinski definition) is 1. The van der Waals surface area contributed by atoms with E-state index in [-0.39, 0.29) is 17.9 Å². The van der Waals surface area contributed by atoms with Gasteiger partial charge in [0.2, 0.25) is 5.91 Å². The zero-order valence-electron chi connectivity index (χ0n) is 12.0. The van der Waals surface area contributed by atoms with Crippen molar-refractivity contribution in [3.63, 3.8) is 0 Å². The Balaban J connectivity index is 1.88. The summed E-state index contributed by atoms with van der Waals surface area (Å²) in [6.07, 6.45) is 1.27. The van der Waals surface area contributed by atoms with Crippen LogP contribution in [0, 0.1) is 11.8 Å². The smallest absolute Gasteiger partial charge is 0.222 e. The Labute approximate surface area is 110 Å². The van der Waals surface area contributed by atoms with E-state index >= 15 is 0 Å². The number of nitrogens with zero attached hydrogens (tertiary/aromatic N) is 1. The summed E-state index contributed by atoms with van der Waals surface area (Å²) >= 11 is 0. The van der Waals surface area contributed by atoms with Crippen molar-refractivity contribution in [1.82, 2.24) is 10.2 Å². The molecule has 0 aliphatic carbocycles. The number of nitrogens with one attached hydrogen (secondary N) is 1. The number of rotatable bonds is 5. The maximum Gasteiger partial charge on any atom is 0.222 e. The van der Waals surface area contributed by atoms with Crippen LogP contribution in [0.25, 0.3) is 0 Å². The maximum absolute atomic E-state index is 11.8. The molecule has 0 saturated carbocycles. The second-order valence-electron chi connectivity index (χ2n) is 6.29. The average molecular weight is 254 g/mol. The zero-order valence-corrected chi connectivity index (χ0v) is 12.0. The van der Waals surface area contributed by atoms with Crippen molar-refractivity contribution in [1.29, 1.82) is 0 Å². The highest BCUT2D eigenvalue weighted by molar-refractivity contribution is 5.78. The lowest BCUT2D eigenvalue weighted by atomic mass is 9.89. The molecule has 18 heavy (non-hydrogen) atoms. The molecule has 104 valence electrons. The van der Waals surface area contributed by atoms with E-state index in [1.807, 2.05) is 13.8 Å². The van der Waals surface area contributed by atoms with Gasteiger partial charge < -0.3 is 10.1 Å². The summed E-state index contributed by atoms with van der Waals surface area (Å²) in [6, 6.07) is 1.42. The van der Waals surface area contributed by atoms with Gasteiger partial charge in [-0.05, 0) is 12.3 Å². The molecule has 2 bridgehead atoms. The van der Waals surface area contributed by atoms with E-state index in [0.717, 1.165) is 19.8 Å². The van der Waals surface area contributed by atoms with Crippen molar-refractivity contribution >= 4 is 5.91 Å². The SMILES string of the molecule is CC(C)C(=O)NC(CN1[C@@H]2COC[C@H]1C2)C(C)C. The van der Waals surface area contributed by atoms with Crippen LogP contribution in [-0.2, 0) is 9.53 Å². The van der Waals surface area contributed by atoms with Crippen molar-refractivity contribution in [2.75, 3.05) is 19.8 Å². The Hall–Kier alpha value is -0.610. The van der Waals surface area contributed by atoms with Crippen LogP contribution >= 0.6 is 0 Å². The summed E-state index contributed by atoms with van der Waals surface area (Å²) in [6.45, 7) is 10.9. The van der Waals surface area contributed by atoms with Crippen LogP contribution in [-0.4, -0.2) is 48.7 Å². The summed E-state index contributed by atoms with van der Waals surface area (Å²) in [4.78, 5) is 14.3. The van der Waals surface area contributed by atoms with E-state index in [2.05, 4.69) is 24.1 Å². The molecule has 0 radical (unpaired) electrons. The Morgan fingerprint density at radius 3 is 2.33 bits per heavy atom. The highest BCUT2D eigenvalue weighted by atomic mass is 16.5. The summed E-state index contributed by atoms with van der Waals surface area (Å²) in [5.74, 6) is 0.691. The second-order valence-corrected chi connectivity index (χ2v) is 6.29. The molecule has 1 N–H and O–H groups in total. The molecule has 0 aromatic heterocycles. The van der Waals surface area contributed by atoms with Gasteiger partial charge in [0, 0.05) is 30.6 Å². The topological polar surface area (TPSA) is 41.6 Å². The molecule has 0 aromatic rings. The number of amides is 1. The zero-order chi connectivity index (χ0) is 13.3. The second kappa shape index (κ2) is 5.57. The molecule has 0 spiro atoms. The van der Waals surface area contributed by atoms with Crippen molar-refractivity contribution in [3.8, 4) is 0 Å². The van der Waals surface area contributed by atoms with Gasteiger partial charge in [-0.25, -0.2) is 0 Å². The van der Waals surface area contributed by atoms with Gasteiger partial charge in [-0.2, -0.15) is 0 Å². The van der Waals surface area contributed by atoms with Gasteiger partial charge in [-0.3, -0.25) is 9.69 Å². The Morgan fingerprint density at radius 2 is 1.89 bits per heavy atom. The Kier molecular flexibility index (Phi) is 4.28. The van der Waals surface area contributed by atoms with Gasteiger partial charge >= 0.3 is 0 Å². The van der Waals surface area contributed by atoms with Crippen LogP contribution in [0.5, 0.6) is 0 Å². The molecule has 3 aliphatic rings. The number of carbonyl (C=O) groups is 1. The molecule has 3 rings (SSSR count). The average Bonchev–Trinajstić information content (AvgIpc) is 2.34. The molecule has 0 aromatic carbocycles. The predicted molar refractivity (Wildman–Crippen MR) is 71.3 cm³/mol. The largest absolute Gasteiger partial charge is 0.378 e. The van der Waals surface area contributed by atoms with Crippen molar-refractivity contribution < 1.29 is 9.53 Å². The number of ether oxygens (including phenoxy) is 1. The predicted octanol–water partition coefficient (Wildman–Crippen LogP) is 1.26. The fourth-order valence-corrected chi connectivity index (χ4v) is 2.71. The fraction of sp³-hybridized carbons (Fsp3) is 0.929. The molecule has 3 fully saturated rings. The molecule has 1 amide bonds. The highest BCUT2D eigenvalue weighted by Crippen LogP contribution is 2.31. The van der Waals surface area contributed by atoms with Crippen LogP contribution in [0.4, 0.5) is 0 Å². The quantitative estimate of drug-likeness (QED) is 0.803. The fourth-order valence-electron chi connectivity index (χ4n) is 2.71. The van der Waals surface area contributed by atoms with E-state index in [1.54, 1.807) is 0 Å². The van der Waals surface area contributed by atoms with Crippen LogP contribution in [0.1, 0.15) is 34.1 Å². The minimum atomic E-state index is 0.0606. The van der Waals surface area contributed by atoms with E-state index in [1.165, 1.54) is 6.42 Å². The van der Waals surface area contributed by atoms with Gasteiger partial charge in [0.05, 0.1) is 13.2 Å². The van der Waals surface area contributed by atoms with Gasteiger partial charge in [-0.1, -0.05) is 27.7 Å². The molecule has 1 unspecified atom stereocenters. The first-order chi connectivity index (χ1) is 8.49. The molecule has 4 heteroatoms. The first kappa shape index (κ1) is 13.8. The third-order valence-electron chi connectivity index (χ3n) is 4.17. The summed E-state index contributed by atoms with van der Waals surface area (Å²) in [7, 11) is 0. The van der Waals surface area contributed by atoms with Crippen molar-refractivity contribution in [2.45, 2.75) is 52.2 Å². The van der Waals surface area contributed by atoms with Crippen molar-refractivity contribution in [2.24, 2.45) is 11.8 Å². The van der Waals surface area contributed by atoms with Crippen LogP contribution in [0.15, 0.2) is 0 Å². The van der Waals surface area contributed by atoms with Crippen LogP contribution in [0.3, 0.4) is 0 Å². The van der Waals surface area contributed by atoms with Gasteiger partial charge in [0.15, 0.2) is 0 Å². The minimum absolute atomic E-state index is 0.0606. The van der Waals surface area contributed by atoms with Gasteiger partial charge in [0.25, 0.3) is 0 Å².